The van der Waals surface area contributed by atoms with E-state index in [0.717, 1.165) is 36.4 Å². The summed E-state index contributed by atoms with van der Waals surface area (Å²) in [7, 11) is 4.72. The highest BCUT2D eigenvalue weighted by molar-refractivity contribution is 5.79. The summed E-state index contributed by atoms with van der Waals surface area (Å²) in [6, 6.07) is 6.03. The quantitative estimate of drug-likeness (QED) is 0.694. The smallest absolute Gasteiger partial charge is 0.308 e. The molecule has 1 unspecified atom stereocenters. The zero-order valence-corrected chi connectivity index (χ0v) is 17.0. The molecular weight excluding hydrogens is 360 g/mol. The Morgan fingerprint density at radius 3 is 2.43 bits per heavy atom. The van der Waals surface area contributed by atoms with Gasteiger partial charge >= 0.3 is 5.97 Å². The monoisotopic (exact) mass is 390 g/mol. The predicted octanol–water partition coefficient (Wildman–Crippen LogP) is 2.25. The largest absolute Gasteiger partial charge is 0.497 e. The zero-order valence-electron chi connectivity index (χ0n) is 17.0. The van der Waals surface area contributed by atoms with Crippen LogP contribution in [0.1, 0.15) is 37.3 Å². The van der Waals surface area contributed by atoms with Crippen LogP contribution in [0.25, 0.3) is 0 Å². The van der Waals surface area contributed by atoms with E-state index in [-0.39, 0.29) is 23.8 Å². The minimum atomic E-state index is -0.168. The summed E-state index contributed by atoms with van der Waals surface area (Å²) in [6.07, 6.45) is 3.40. The molecule has 1 aromatic carbocycles. The third-order valence-electron chi connectivity index (χ3n) is 5.88. The van der Waals surface area contributed by atoms with Crippen molar-refractivity contribution in [2.45, 2.75) is 31.7 Å². The Labute approximate surface area is 166 Å². The van der Waals surface area contributed by atoms with Crippen LogP contribution in [0.3, 0.4) is 0 Å². The molecule has 0 aromatic heterocycles. The molecule has 1 atom stereocenters. The van der Waals surface area contributed by atoms with Gasteiger partial charge in [0.25, 0.3) is 0 Å². The van der Waals surface area contributed by atoms with Crippen LogP contribution < -0.4 is 9.47 Å². The molecule has 0 aliphatic carbocycles. The summed E-state index contributed by atoms with van der Waals surface area (Å²) in [6.45, 7) is 2.51. The predicted molar refractivity (Wildman–Crippen MR) is 104 cm³/mol. The van der Waals surface area contributed by atoms with Gasteiger partial charge < -0.3 is 19.1 Å². The van der Waals surface area contributed by atoms with Gasteiger partial charge in [-0.1, -0.05) is 6.07 Å². The maximum absolute atomic E-state index is 12.8. The van der Waals surface area contributed by atoms with Crippen LogP contribution in [0.15, 0.2) is 18.2 Å². The van der Waals surface area contributed by atoms with E-state index in [4.69, 9.17) is 14.2 Å². The van der Waals surface area contributed by atoms with Gasteiger partial charge in [0.2, 0.25) is 5.91 Å². The average molecular weight is 390 g/mol. The summed E-state index contributed by atoms with van der Waals surface area (Å²) in [4.78, 5) is 28.6. The Morgan fingerprint density at radius 2 is 1.79 bits per heavy atom. The van der Waals surface area contributed by atoms with Crippen molar-refractivity contribution in [3.63, 3.8) is 0 Å². The molecule has 0 saturated carbocycles. The number of esters is 1. The fourth-order valence-electron chi connectivity index (χ4n) is 4.27. The van der Waals surface area contributed by atoms with Crippen LogP contribution in [0, 0.1) is 5.92 Å². The lowest BCUT2D eigenvalue weighted by molar-refractivity contribution is -0.149. The van der Waals surface area contributed by atoms with Gasteiger partial charge in [-0.2, -0.15) is 0 Å². The number of carbonyl (C=O) groups excluding carboxylic acids is 2. The van der Waals surface area contributed by atoms with Crippen LogP contribution in [0.2, 0.25) is 0 Å². The van der Waals surface area contributed by atoms with Crippen LogP contribution >= 0.6 is 0 Å². The van der Waals surface area contributed by atoms with Gasteiger partial charge in [-0.25, -0.2) is 0 Å². The zero-order chi connectivity index (χ0) is 20.1. The molecule has 2 aliphatic rings. The van der Waals surface area contributed by atoms with Crippen molar-refractivity contribution in [1.29, 1.82) is 0 Å². The molecule has 2 saturated heterocycles. The number of hydrogen-bond acceptors (Lipinski definition) is 6. The molecule has 0 spiro atoms. The Hall–Kier alpha value is -2.28. The van der Waals surface area contributed by atoms with Gasteiger partial charge in [-0.3, -0.25) is 14.5 Å². The van der Waals surface area contributed by atoms with E-state index in [0.29, 0.717) is 32.5 Å². The second kappa shape index (κ2) is 9.28. The molecular formula is C21H30N2O5. The van der Waals surface area contributed by atoms with E-state index < -0.39 is 0 Å². The summed E-state index contributed by atoms with van der Waals surface area (Å²) >= 11 is 0. The first-order chi connectivity index (χ1) is 13.6. The topological polar surface area (TPSA) is 68.3 Å². The Balaban J connectivity index is 1.63. The SMILES string of the molecule is COC(=O)C1CCN(C(=O)CN2CCCC2c2ccc(OC)cc2OC)CC1. The molecule has 7 heteroatoms. The minimum absolute atomic E-state index is 0.0860. The number of likely N-dealkylation sites (tertiary alicyclic amines) is 2. The highest BCUT2D eigenvalue weighted by Crippen LogP contribution is 2.38. The molecule has 2 heterocycles. The molecule has 0 N–H and O–H groups in total. The van der Waals surface area contributed by atoms with Crippen LogP contribution in [0.4, 0.5) is 0 Å². The summed E-state index contributed by atoms with van der Waals surface area (Å²) < 4.78 is 15.7. The lowest BCUT2D eigenvalue weighted by Gasteiger charge is -2.33. The molecule has 2 aliphatic heterocycles. The average Bonchev–Trinajstić information content (AvgIpc) is 3.20. The van der Waals surface area contributed by atoms with Gasteiger partial charge in [-0.05, 0) is 38.3 Å². The number of nitrogens with zero attached hydrogens (tertiary/aromatic N) is 2. The molecule has 0 radical (unpaired) electrons. The van der Waals surface area contributed by atoms with Crippen molar-refractivity contribution in [2.24, 2.45) is 5.92 Å². The number of methoxy groups -OCH3 is 3. The first kappa shape index (κ1) is 20.5. The maximum atomic E-state index is 12.8. The second-order valence-corrected chi connectivity index (χ2v) is 7.41. The van der Waals surface area contributed by atoms with Gasteiger partial charge in [0.05, 0.1) is 33.8 Å². The Morgan fingerprint density at radius 1 is 1.04 bits per heavy atom. The van der Waals surface area contributed by atoms with Crippen molar-refractivity contribution < 1.29 is 23.8 Å². The lowest BCUT2D eigenvalue weighted by Crippen LogP contribution is -2.45. The van der Waals surface area contributed by atoms with E-state index in [1.807, 2.05) is 23.1 Å². The van der Waals surface area contributed by atoms with Gasteiger partial charge in [0.1, 0.15) is 11.5 Å². The highest BCUT2D eigenvalue weighted by atomic mass is 16.5. The fourth-order valence-corrected chi connectivity index (χ4v) is 4.27. The van der Waals surface area contributed by atoms with Gasteiger partial charge in [0.15, 0.2) is 0 Å². The molecule has 0 bridgehead atoms. The highest BCUT2D eigenvalue weighted by Gasteiger charge is 2.33. The number of benzene rings is 1. The lowest BCUT2D eigenvalue weighted by atomic mass is 9.97. The van der Waals surface area contributed by atoms with E-state index in [2.05, 4.69) is 4.90 Å². The standard InChI is InChI=1S/C21H30N2O5/c1-26-16-6-7-17(19(13-16)27-2)18-5-4-10-23(18)14-20(24)22-11-8-15(9-12-22)21(25)28-3/h6-7,13,15,18H,4-5,8-12,14H2,1-3H3. The summed E-state index contributed by atoms with van der Waals surface area (Å²) in [5, 5.41) is 0. The fraction of sp³-hybridized carbons (Fsp3) is 0.619. The van der Waals surface area contributed by atoms with Crippen molar-refractivity contribution in [2.75, 3.05) is 47.5 Å². The molecule has 28 heavy (non-hydrogen) atoms. The number of ether oxygens (including phenoxy) is 3. The van der Waals surface area contributed by atoms with Crippen molar-refractivity contribution in [3.8, 4) is 11.5 Å². The third kappa shape index (κ3) is 4.41. The minimum Gasteiger partial charge on any atom is -0.497 e. The molecule has 1 aromatic rings. The number of carbonyl (C=O) groups is 2. The van der Waals surface area contributed by atoms with Crippen LogP contribution in [-0.2, 0) is 14.3 Å². The number of hydrogen-bond donors (Lipinski definition) is 0. The van der Waals surface area contributed by atoms with Crippen LogP contribution in [0.5, 0.6) is 11.5 Å². The van der Waals surface area contributed by atoms with E-state index >= 15 is 0 Å². The summed E-state index contributed by atoms with van der Waals surface area (Å²) in [5.41, 5.74) is 1.10. The van der Waals surface area contributed by atoms with Gasteiger partial charge in [0, 0.05) is 30.8 Å². The maximum Gasteiger partial charge on any atom is 0.308 e. The third-order valence-corrected chi connectivity index (χ3v) is 5.88. The summed E-state index contributed by atoms with van der Waals surface area (Å²) in [5.74, 6) is 1.43. The first-order valence-electron chi connectivity index (χ1n) is 9.89. The van der Waals surface area contributed by atoms with E-state index in [1.165, 1.54) is 7.11 Å². The van der Waals surface area contributed by atoms with E-state index in [1.54, 1.807) is 14.2 Å². The van der Waals surface area contributed by atoms with Crippen LogP contribution in [-0.4, -0.2) is 69.2 Å². The van der Waals surface area contributed by atoms with Crippen molar-refractivity contribution in [1.82, 2.24) is 9.80 Å². The van der Waals surface area contributed by atoms with E-state index in [9.17, 15) is 9.59 Å². The Kier molecular flexibility index (Phi) is 6.78. The normalized spacial score (nSPS) is 20.8. The Bertz CT molecular complexity index is 700. The number of amides is 1. The first-order valence-corrected chi connectivity index (χ1v) is 9.89. The molecule has 7 nitrogen and oxygen atoms in total. The van der Waals surface area contributed by atoms with Crippen molar-refractivity contribution in [3.05, 3.63) is 23.8 Å². The van der Waals surface area contributed by atoms with Gasteiger partial charge in [-0.15, -0.1) is 0 Å². The molecule has 154 valence electrons. The number of rotatable bonds is 6. The molecule has 1 amide bonds. The molecule has 3 rings (SSSR count). The second-order valence-electron chi connectivity index (χ2n) is 7.41. The number of piperidine rings is 1. The van der Waals surface area contributed by atoms with Crippen molar-refractivity contribution >= 4 is 11.9 Å². The molecule has 2 fully saturated rings.